The van der Waals surface area contributed by atoms with E-state index in [9.17, 15) is 0 Å². The first-order valence-electron chi connectivity index (χ1n) is 6.41. The zero-order valence-electron chi connectivity index (χ0n) is 10.8. The minimum absolute atomic E-state index is 0. The summed E-state index contributed by atoms with van der Waals surface area (Å²) in [7, 11) is 1.73. The van der Waals surface area contributed by atoms with Crippen LogP contribution < -0.4 is 10.1 Å². The molecule has 2 saturated heterocycles. The summed E-state index contributed by atoms with van der Waals surface area (Å²) in [5, 5.41) is 3.48. The Balaban J connectivity index is 0.00000120. The molecule has 2 aliphatic rings. The topological polar surface area (TPSA) is 24.5 Å². The maximum absolute atomic E-state index is 5.27. The third-order valence-corrected chi connectivity index (χ3v) is 4.01. The molecule has 2 heterocycles. The van der Waals surface area contributed by atoms with Crippen molar-refractivity contribution in [2.45, 2.75) is 6.54 Å². The van der Waals surface area contributed by atoms with Crippen molar-refractivity contribution in [3.05, 3.63) is 29.8 Å². The van der Waals surface area contributed by atoms with E-state index < -0.39 is 0 Å². The molecule has 3 nitrogen and oxygen atoms in total. The van der Waals surface area contributed by atoms with Crippen LogP contribution in [0.1, 0.15) is 5.56 Å². The number of ether oxygens (including phenoxy) is 1. The molecule has 18 heavy (non-hydrogen) atoms. The van der Waals surface area contributed by atoms with Crippen LogP contribution in [0.5, 0.6) is 5.75 Å². The molecule has 0 bridgehead atoms. The SMILES string of the molecule is COc1cccc(CN2C[C@H]3CNC[C@H]3C2)c1.Cl. The number of hydrogen-bond donors (Lipinski definition) is 1. The van der Waals surface area contributed by atoms with Crippen molar-refractivity contribution in [3.8, 4) is 5.75 Å². The quantitative estimate of drug-likeness (QED) is 0.904. The number of rotatable bonds is 3. The van der Waals surface area contributed by atoms with Gasteiger partial charge in [0.05, 0.1) is 7.11 Å². The molecule has 0 aromatic heterocycles. The molecular weight excluding hydrogens is 248 g/mol. The van der Waals surface area contributed by atoms with Gasteiger partial charge in [-0.1, -0.05) is 12.1 Å². The molecule has 2 fully saturated rings. The van der Waals surface area contributed by atoms with E-state index in [4.69, 9.17) is 4.74 Å². The first-order valence-corrected chi connectivity index (χ1v) is 6.41. The molecule has 1 aromatic rings. The van der Waals surface area contributed by atoms with Crippen LogP contribution >= 0.6 is 12.4 Å². The number of halogens is 1. The van der Waals surface area contributed by atoms with Crippen molar-refractivity contribution >= 4 is 12.4 Å². The Labute approximate surface area is 115 Å². The molecule has 0 amide bonds. The number of nitrogens with zero attached hydrogens (tertiary/aromatic N) is 1. The van der Waals surface area contributed by atoms with E-state index in [0.717, 1.165) is 24.1 Å². The van der Waals surface area contributed by atoms with Gasteiger partial charge in [0.25, 0.3) is 0 Å². The number of methoxy groups -OCH3 is 1. The molecule has 3 rings (SSSR count). The summed E-state index contributed by atoms with van der Waals surface area (Å²) < 4.78 is 5.27. The van der Waals surface area contributed by atoms with Gasteiger partial charge in [0, 0.05) is 19.6 Å². The molecular formula is C14H21ClN2O. The summed E-state index contributed by atoms with van der Waals surface area (Å²) in [6, 6.07) is 8.42. The standard InChI is InChI=1S/C14H20N2O.ClH/c1-17-14-4-2-3-11(5-14)8-16-9-12-6-15-7-13(12)10-16;/h2-5,12-13,15H,6-10H2,1H3;1H/t12-,13+;. The smallest absolute Gasteiger partial charge is 0.119 e. The van der Waals surface area contributed by atoms with Crippen LogP contribution in [0.15, 0.2) is 24.3 Å². The number of likely N-dealkylation sites (tertiary alicyclic amines) is 1. The Kier molecular flexibility index (Phi) is 4.49. The van der Waals surface area contributed by atoms with Gasteiger partial charge in [-0.25, -0.2) is 0 Å². The van der Waals surface area contributed by atoms with E-state index >= 15 is 0 Å². The second kappa shape index (κ2) is 5.91. The number of nitrogens with one attached hydrogen (secondary N) is 1. The summed E-state index contributed by atoms with van der Waals surface area (Å²) in [4.78, 5) is 2.57. The Morgan fingerprint density at radius 1 is 1.28 bits per heavy atom. The number of benzene rings is 1. The lowest BCUT2D eigenvalue weighted by molar-refractivity contribution is 0.305. The minimum Gasteiger partial charge on any atom is -0.497 e. The fraction of sp³-hybridized carbons (Fsp3) is 0.571. The molecule has 2 aliphatic heterocycles. The van der Waals surface area contributed by atoms with Crippen molar-refractivity contribution in [2.24, 2.45) is 11.8 Å². The Bertz CT molecular complexity index is 387. The minimum atomic E-state index is 0. The van der Waals surface area contributed by atoms with Gasteiger partial charge in [0.15, 0.2) is 0 Å². The van der Waals surface area contributed by atoms with Crippen molar-refractivity contribution < 1.29 is 4.74 Å². The van der Waals surface area contributed by atoms with Gasteiger partial charge >= 0.3 is 0 Å². The number of hydrogen-bond acceptors (Lipinski definition) is 3. The fourth-order valence-electron chi connectivity index (χ4n) is 3.11. The van der Waals surface area contributed by atoms with Crippen molar-refractivity contribution in [1.82, 2.24) is 10.2 Å². The lowest BCUT2D eigenvalue weighted by atomic mass is 10.0. The third-order valence-electron chi connectivity index (χ3n) is 4.01. The summed E-state index contributed by atoms with van der Waals surface area (Å²) in [6.45, 7) is 5.96. The molecule has 1 N–H and O–H groups in total. The van der Waals surface area contributed by atoms with E-state index in [0.29, 0.717) is 0 Å². The molecule has 2 atom stereocenters. The monoisotopic (exact) mass is 268 g/mol. The van der Waals surface area contributed by atoms with E-state index in [1.165, 1.54) is 31.7 Å². The van der Waals surface area contributed by atoms with Gasteiger partial charge in [-0.05, 0) is 42.6 Å². The van der Waals surface area contributed by atoms with E-state index in [-0.39, 0.29) is 12.4 Å². The molecule has 1 aromatic carbocycles. The molecule has 0 aliphatic carbocycles. The fourth-order valence-corrected chi connectivity index (χ4v) is 3.11. The average Bonchev–Trinajstić information content (AvgIpc) is 2.90. The molecule has 0 spiro atoms. The van der Waals surface area contributed by atoms with Crippen molar-refractivity contribution in [1.29, 1.82) is 0 Å². The molecule has 0 radical (unpaired) electrons. The van der Waals surface area contributed by atoms with Crippen molar-refractivity contribution in [2.75, 3.05) is 33.3 Å². The predicted octanol–water partition coefficient (Wildman–Crippen LogP) is 1.77. The van der Waals surface area contributed by atoms with Gasteiger partial charge in [0.2, 0.25) is 0 Å². The van der Waals surface area contributed by atoms with Gasteiger partial charge in [0.1, 0.15) is 5.75 Å². The zero-order valence-corrected chi connectivity index (χ0v) is 11.6. The second-order valence-electron chi connectivity index (χ2n) is 5.22. The van der Waals surface area contributed by atoms with Crippen molar-refractivity contribution in [3.63, 3.8) is 0 Å². The highest BCUT2D eigenvalue weighted by molar-refractivity contribution is 5.85. The largest absolute Gasteiger partial charge is 0.497 e. The van der Waals surface area contributed by atoms with Gasteiger partial charge < -0.3 is 10.1 Å². The van der Waals surface area contributed by atoms with E-state index in [1.54, 1.807) is 7.11 Å². The summed E-state index contributed by atoms with van der Waals surface area (Å²) in [5.41, 5.74) is 1.36. The molecule has 0 unspecified atom stereocenters. The highest BCUT2D eigenvalue weighted by atomic mass is 35.5. The predicted molar refractivity (Wildman–Crippen MR) is 75.4 cm³/mol. The first kappa shape index (κ1) is 13.7. The normalized spacial score (nSPS) is 26.7. The number of fused-ring (bicyclic) bond motifs is 1. The summed E-state index contributed by atoms with van der Waals surface area (Å²) >= 11 is 0. The maximum Gasteiger partial charge on any atom is 0.119 e. The third kappa shape index (κ3) is 2.79. The summed E-state index contributed by atoms with van der Waals surface area (Å²) in [6.07, 6.45) is 0. The lowest BCUT2D eigenvalue weighted by Gasteiger charge is -2.17. The van der Waals surface area contributed by atoms with E-state index in [1.807, 2.05) is 6.07 Å². The average molecular weight is 269 g/mol. The maximum atomic E-state index is 5.27. The second-order valence-corrected chi connectivity index (χ2v) is 5.22. The van der Waals surface area contributed by atoms with Crippen LogP contribution in [-0.4, -0.2) is 38.2 Å². The lowest BCUT2D eigenvalue weighted by Crippen LogP contribution is -2.25. The van der Waals surface area contributed by atoms with Crippen LogP contribution in [0.3, 0.4) is 0 Å². The highest BCUT2D eigenvalue weighted by Gasteiger charge is 2.35. The van der Waals surface area contributed by atoms with Crippen LogP contribution in [0.2, 0.25) is 0 Å². The van der Waals surface area contributed by atoms with Gasteiger partial charge in [-0.15, -0.1) is 12.4 Å². The van der Waals surface area contributed by atoms with Crippen LogP contribution in [-0.2, 0) is 6.54 Å². The Morgan fingerprint density at radius 2 is 2.00 bits per heavy atom. The zero-order chi connectivity index (χ0) is 11.7. The van der Waals surface area contributed by atoms with Gasteiger partial charge in [-0.2, -0.15) is 0 Å². The Hall–Kier alpha value is -0.770. The molecule has 0 saturated carbocycles. The first-order chi connectivity index (χ1) is 8.35. The van der Waals surface area contributed by atoms with E-state index in [2.05, 4.69) is 28.4 Å². The molecule has 100 valence electrons. The van der Waals surface area contributed by atoms with Gasteiger partial charge in [-0.3, -0.25) is 4.90 Å². The van der Waals surface area contributed by atoms with Crippen LogP contribution in [0, 0.1) is 11.8 Å². The van der Waals surface area contributed by atoms with Crippen LogP contribution in [0.4, 0.5) is 0 Å². The highest BCUT2D eigenvalue weighted by Crippen LogP contribution is 2.27. The molecule has 4 heteroatoms. The summed E-state index contributed by atoms with van der Waals surface area (Å²) in [5.74, 6) is 2.71. The Morgan fingerprint density at radius 3 is 2.67 bits per heavy atom. The van der Waals surface area contributed by atoms with Crippen LogP contribution in [0.25, 0.3) is 0 Å².